The minimum atomic E-state index is -1.04. The molecular formula is C22H23BrINO6. The van der Waals surface area contributed by atoms with Gasteiger partial charge >= 0.3 is 12.1 Å². The summed E-state index contributed by atoms with van der Waals surface area (Å²) >= 11 is 5.45. The molecule has 31 heavy (non-hydrogen) atoms. The zero-order valence-corrected chi connectivity index (χ0v) is 20.5. The highest BCUT2D eigenvalue weighted by Crippen LogP contribution is 2.34. The summed E-state index contributed by atoms with van der Waals surface area (Å²) in [5.74, 6) is -1.06. The summed E-state index contributed by atoms with van der Waals surface area (Å²) < 4.78 is 13.3. The summed E-state index contributed by atoms with van der Waals surface area (Å²) in [5.41, 5.74) is 0.967. The van der Waals surface area contributed by atoms with Gasteiger partial charge in [-0.05, 0) is 84.8 Å². The number of aromatic hydroxyl groups is 1. The molecule has 0 bridgehead atoms. The Labute approximate surface area is 202 Å². The second-order valence-electron chi connectivity index (χ2n) is 6.47. The average Bonchev–Trinajstić information content (AvgIpc) is 2.72. The first-order chi connectivity index (χ1) is 14.8. The first-order valence-corrected chi connectivity index (χ1v) is 11.4. The van der Waals surface area contributed by atoms with Crippen molar-refractivity contribution < 1.29 is 29.3 Å². The predicted molar refractivity (Wildman–Crippen MR) is 129 cm³/mol. The Kier molecular flexibility index (Phi) is 10.3. The van der Waals surface area contributed by atoms with Crippen LogP contribution in [0.4, 0.5) is 10.5 Å². The van der Waals surface area contributed by atoms with Gasteiger partial charge in [0, 0.05) is 32.0 Å². The third kappa shape index (κ3) is 8.50. The number of carboxylic acids is 1. The Hall–Kier alpha value is -2.11. The summed E-state index contributed by atoms with van der Waals surface area (Å²) in [7, 11) is 0. The zero-order valence-electron chi connectivity index (χ0n) is 16.8. The highest BCUT2D eigenvalue weighted by molar-refractivity contribution is 14.1. The predicted octanol–water partition coefficient (Wildman–Crippen LogP) is 5.88. The smallest absolute Gasteiger partial charge is 0.412 e. The molecule has 0 radical (unpaired) electrons. The number of nitrogens with one attached hydrogen (secondary N) is 1. The standard InChI is InChI=1S/C22H23BrINO6/c1-2-30-19(5-3-4-6-20(27)28)21(17-13-15(24)9-12-18(17)26)31-22(29)25-16-10-7-14(23)8-11-16/h4,6-13,19,21,26H,2-3,5H2,1H3,(H,25,29)(H,27,28)/b6-4+/t19-,21-/m0/s1. The van der Waals surface area contributed by atoms with Crippen LogP contribution in [0, 0.1) is 3.57 Å². The number of carbonyl (C=O) groups excluding carboxylic acids is 1. The van der Waals surface area contributed by atoms with E-state index in [0.717, 1.165) is 14.1 Å². The first kappa shape index (κ1) is 25.2. The van der Waals surface area contributed by atoms with Gasteiger partial charge in [0.2, 0.25) is 0 Å². The molecule has 0 aromatic heterocycles. The third-order valence-corrected chi connectivity index (χ3v) is 5.42. The van der Waals surface area contributed by atoms with Crippen LogP contribution in [0.25, 0.3) is 0 Å². The van der Waals surface area contributed by atoms with Gasteiger partial charge < -0.3 is 19.7 Å². The van der Waals surface area contributed by atoms with E-state index in [0.29, 0.717) is 30.7 Å². The summed E-state index contributed by atoms with van der Waals surface area (Å²) in [6, 6.07) is 12.0. The van der Waals surface area contributed by atoms with E-state index < -0.39 is 24.3 Å². The molecule has 3 N–H and O–H groups in total. The highest BCUT2D eigenvalue weighted by atomic mass is 127. The molecule has 0 aliphatic heterocycles. The van der Waals surface area contributed by atoms with Gasteiger partial charge in [0.1, 0.15) is 5.75 Å². The van der Waals surface area contributed by atoms with Crippen LogP contribution in [-0.2, 0) is 14.3 Å². The van der Waals surface area contributed by atoms with E-state index >= 15 is 0 Å². The monoisotopic (exact) mass is 603 g/mol. The number of aliphatic carboxylic acids is 1. The molecule has 0 aliphatic carbocycles. The molecule has 2 atom stereocenters. The van der Waals surface area contributed by atoms with Crippen LogP contribution >= 0.6 is 38.5 Å². The van der Waals surface area contributed by atoms with Crippen LogP contribution in [-0.4, -0.2) is 35.0 Å². The molecule has 2 aromatic carbocycles. The lowest BCUT2D eigenvalue weighted by molar-refractivity contribution is -0.131. The summed E-state index contributed by atoms with van der Waals surface area (Å²) in [5, 5.41) is 21.9. The minimum Gasteiger partial charge on any atom is -0.508 e. The Morgan fingerprint density at radius 1 is 1.23 bits per heavy atom. The Morgan fingerprint density at radius 2 is 1.94 bits per heavy atom. The van der Waals surface area contributed by atoms with E-state index in [9.17, 15) is 14.7 Å². The maximum atomic E-state index is 12.6. The topological polar surface area (TPSA) is 105 Å². The van der Waals surface area contributed by atoms with Gasteiger partial charge in [-0.1, -0.05) is 22.0 Å². The van der Waals surface area contributed by atoms with Crippen molar-refractivity contribution in [3.05, 3.63) is 68.2 Å². The molecule has 0 fully saturated rings. The Morgan fingerprint density at radius 3 is 2.58 bits per heavy atom. The molecule has 2 aromatic rings. The number of anilines is 1. The number of allylic oxidation sites excluding steroid dienone is 1. The Balaban J connectivity index is 2.26. The van der Waals surface area contributed by atoms with Gasteiger partial charge in [0.15, 0.2) is 6.10 Å². The molecule has 0 spiro atoms. The summed E-state index contributed by atoms with van der Waals surface area (Å²) in [6.45, 7) is 2.17. The van der Waals surface area contributed by atoms with Gasteiger partial charge in [0.05, 0.1) is 6.10 Å². The highest BCUT2D eigenvalue weighted by Gasteiger charge is 2.30. The van der Waals surface area contributed by atoms with E-state index in [-0.39, 0.29) is 5.75 Å². The molecule has 0 unspecified atom stereocenters. The number of amides is 1. The largest absolute Gasteiger partial charge is 0.508 e. The minimum absolute atomic E-state index is 0.0207. The van der Waals surface area contributed by atoms with Crippen LogP contribution in [0.3, 0.4) is 0 Å². The van der Waals surface area contributed by atoms with Crippen molar-refractivity contribution in [3.63, 3.8) is 0 Å². The third-order valence-electron chi connectivity index (χ3n) is 4.22. The van der Waals surface area contributed by atoms with E-state index in [1.54, 1.807) is 36.4 Å². The van der Waals surface area contributed by atoms with E-state index in [1.807, 2.05) is 6.92 Å². The maximum Gasteiger partial charge on any atom is 0.412 e. The molecule has 9 heteroatoms. The van der Waals surface area contributed by atoms with Crippen LogP contribution in [0.5, 0.6) is 5.75 Å². The number of phenolic OH excluding ortho intramolecular Hbond substituents is 1. The maximum absolute atomic E-state index is 12.6. The van der Waals surface area contributed by atoms with E-state index in [1.165, 1.54) is 12.1 Å². The molecule has 0 aliphatic rings. The summed E-state index contributed by atoms with van der Waals surface area (Å²) in [4.78, 5) is 23.3. The quantitative estimate of drug-likeness (QED) is 0.232. The number of halogens is 2. The van der Waals surface area contributed by atoms with Crippen molar-refractivity contribution in [2.45, 2.75) is 32.0 Å². The summed E-state index contributed by atoms with van der Waals surface area (Å²) in [6.07, 6.45) is 1.17. The molecule has 166 valence electrons. The van der Waals surface area contributed by atoms with Crippen molar-refractivity contribution >= 4 is 56.3 Å². The Bertz CT molecular complexity index is 919. The first-order valence-electron chi connectivity index (χ1n) is 9.52. The molecule has 0 saturated heterocycles. The number of rotatable bonds is 10. The lowest BCUT2D eigenvalue weighted by Gasteiger charge is -2.28. The van der Waals surface area contributed by atoms with E-state index in [2.05, 4.69) is 43.8 Å². The zero-order chi connectivity index (χ0) is 22.8. The number of phenols is 1. The fourth-order valence-corrected chi connectivity index (χ4v) is 3.65. The fourth-order valence-electron chi connectivity index (χ4n) is 2.87. The molecule has 2 rings (SSSR count). The lowest BCUT2D eigenvalue weighted by Crippen LogP contribution is -2.29. The van der Waals surface area contributed by atoms with Crippen molar-refractivity contribution in [1.82, 2.24) is 0 Å². The lowest BCUT2D eigenvalue weighted by atomic mass is 9.99. The van der Waals surface area contributed by atoms with Gasteiger partial charge in [-0.25, -0.2) is 9.59 Å². The van der Waals surface area contributed by atoms with E-state index in [4.69, 9.17) is 14.6 Å². The molecular weight excluding hydrogens is 581 g/mol. The van der Waals surface area contributed by atoms with Crippen LogP contribution < -0.4 is 5.32 Å². The molecule has 0 saturated carbocycles. The second-order valence-corrected chi connectivity index (χ2v) is 8.63. The number of hydrogen-bond donors (Lipinski definition) is 3. The van der Waals surface area contributed by atoms with Gasteiger partial charge in [-0.2, -0.15) is 0 Å². The van der Waals surface area contributed by atoms with Gasteiger partial charge in [-0.15, -0.1) is 0 Å². The van der Waals surface area contributed by atoms with Crippen molar-refractivity contribution in [3.8, 4) is 5.75 Å². The van der Waals surface area contributed by atoms with Gasteiger partial charge in [0.25, 0.3) is 0 Å². The number of hydrogen-bond acceptors (Lipinski definition) is 5. The number of carboxylic acid groups (broad SMARTS) is 1. The number of carbonyl (C=O) groups is 2. The molecule has 1 amide bonds. The van der Waals surface area contributed by atoms with Crippen molar-refractivity contribution in [1.29, 1.82) is 0 Å². The molecule has 0 heterocycles. The number of benzene rings is 2. The van der Waals surface area contributed by atoms with Crippen LogP contribution in [0.2, 0.25) is 0 Å². The average molecular weight is 604 g/mol. The van der Waals surface area contributed by atoms with Gasteiger partial charge in [-0.3, -0.25) is 5.32 Å². The SMILES string of the molecule is CCO[C@@H](CC/C=C/C(=O)O)[C@@H](OC(=O)Nc1ccc(Br)cc1)c1cc(I)ccc1O. The fraction of sp³-hybridized carbons (Fsp3) is 0.273. The van der Waals surface area contributed by atoms with Crippen LogP contribution in [0.15, 0.2) is 59.1 Å². The normalized spacial score (nSPS) is 13.0. The van der Waals surface area contributed by atoms with Crippen LogP contribution in [0.1, 0.15) is 31.4 Å². The second kappa shape index (κ2) is 12.7. The molecule has 7 nitrogen and oxygen atoms in total. The van der Waals surface area contributed by atoms with Crippen molar-refractivity contribution in [2.24, 2.45) is 0 Å². The van der Waals surface area contributed by atoms with Crippen molar-refractivity contribution in [2.75, 3.05) is 11.9 Å². The number of ether oxygens (including phenoxy) is 2.